The van der Waals surface area contributed by atoms with Crippen LogP contribution in [0.25, 0.3) is 0 Å². The Morgan fingerprint density at radius 3 is 2.51 bits per heavy atom. The largest absolute Gasteiger partial charge is 0.497 e. The third kappa shape index (κ3) is 6.12. The molecule has 9 heteroatoms. The van der Waals surface area contributed by atoms with Crippen molar-refractivity contribution < 1.29 is 28.9 Å². The van der Waals surface area contributed by atoms with E-state index in [2.05, 4.69) is 21.4 Å². The number of benzene rings is 3. The third-order valence-corrected chi connectivity index (χ3v) is 6.54. The second-order valence-corrected chi connectivity index (χ2v) is 9.42. The van der Waals surface area contributed by atoms with Crippen molar-refractivity contribution >= 4 is 27.7 Å². The highest BCUT2D eigenvalue weighted by molar-refractivity contribution is 9.10. The van der Waals surface area contributed by atoms with Crippen LogP contribution in [0, 0.1) is 0 Å². The van der Waals surface area contributed by atoms with E-state index in [4.69, 9.17) is 29.1 Å². The molecule has 0 saturated heterocycles. The summed E-state index contributed by atoms with van der Waals surface area (Å²) in [5, 5.41) is 8.97. The molecule has 1 aliphatic rings. The van der Waals surface area contributed by atoms with Crippen LogP contribution in [-0.2, 0) is 20.8 Å². The molecule has 1 aliphatic heterocycles. The molecule has 194 valence electrons. The maximum atomic E-state index is 13.7. The van der Waals surface area contributed by atoms with Crippen LogP contribution in [0.3, 0.4) is 0 Å². The predicted octanol–water partition coefficient (Wildman–Crippen LogP) is 4.40. The lowest BCUT2D eigenvalue weighted by Crippen LogP contribution is -2.49. The third-order valence-electron chi connectivity index (χ3n) is 6.01. The van der Waals surface area contributed by atoms with Crippen molar-refractivity contribution in [3.8, 4) is 11.5 Å². The van der Waals surface area contributed by atoms with Crippen LogP contribution >= 0.6 is 15.9 Å². The summed E-state index contributed by atoms with van der Waals surface area (Å²) in [7, 11) is 2.98. The molecule has 3 aromatic carbocycles. The Morgan fingerprint density at radius 2 is 1.84 bits per heavy atom. The van der Waals surface area contributed by atoms with E-state index in [1.807, 2.05) is 72.8 Å². The summed E-state index contributed by atoms with van der Waals surface area (Å²) >= 11 is 3.47. The monoisotopic (exact) mass is 568 g/mol. The first-order valence-electron chi connectivity index (χ1n) is 11.8. The lowest BCUT2D eigenvalue weighted by atomic mass is 9.82. The molecule has 0 radical (unpaired) electrons. The zero-order valence-electron chi connectivity index (χ0n) is 20.6. The quantitative estimate of drug-likeness (QED) is 0.263. The van der Waals surface area contributed by atoms with E-state index in [9.17, 15) is 4.79 Å². The van der Waals surface area contributed by atoms with Crippen molar-refractivity contribution in [2.24, 2.45) is 4.99 Å². The number of nitrogens with zero attached hydrogens (tertiary/aromatic N) is 1. The van der Waals surface area contributed by atoms with Crippen LogP contribution in [0.4, 0.5) is 0 Å². The van der Waals surface area contributed by atoms with Gasteiger partial charge in [-0.25, -0.2) is 10.5 Å². The van der Waals surface area contributed by atoms with Crippen molar-refractivity contribution in [1.82, 2.24) is 5.48 Å². The van der Waals surface area contributed by atoms with E-state index in [0.717, 1.165) is 15.6 Å². The molecule has 0 bridgehead atoms. The Labute approximate surface area is 224 Å². The van der Waals surface area contributed by atoms with Crippen LogP contribution in [0.1, 0.15) is 29.2 Å². The molecule has 4 rings (SSSR count). The molecule has 0 saturated carbocycles. The van der Waals surface area contributed by atoms with Gasteiger partial charge in [-0.2, -0.15) is 0 Å². The first kappa shape index (κ1) is 26.7. The molecule has 0 aromatic heterocycles. The predicted molar refractivity (Wildman–Crippen MR) is 143 cm³/mol. The summed E-state index contributed by atoms with van der Waals surface area (Å²) < 4.78 is 18.5. The number of hydroxylamine groups is 1. The van der Waals surface area contributed by atoms with Gasteiger partial charge < -0.3 is 19.3 Å². The Bertz CT molecular complexity index is 1230. The second-order valence-electron chi connectivity index (χ2n) is 8.50. The van der Waals surface area contributed by atoms with E-state index in [1.165, 1.54) is 7.11 Å². The zero-order valence-corrected chi connectivity index (χ0v) is 22.2. The van der Waals surface area contributed by atoms with Crippen LogP contribution in [0.2, 0.25) is 0 Å². The summed E-state index contributed by atoms with van der Waals surface area (Å²) in [5.74, 6) is 1.21. The lowest BCUT2D eigenvalue weighted by Gasteiger charge is -2.30. The van der Waals surface area contributed by atoms with Crippen LogP contribution in [-0.4, -0.2) is 49.9 Å². The van der Waals surface area contributed by atoms with Crippen molar-refractivity contribution in [2.75, 3.05) is 27.4 Å². The van der Waals surface area contributed by atoms with Crippen LogP contribution in [0.5, 0.6) is 11.5 Å². The molecular weight excluding hydrogens is 540 g/mol. The smallest absolute Gasteiger partial charge is 0.276 e. The average molecular weight is 569 g/mol. The minimum atomic E-state index is -1.36. The first-order valence-corrected chi connectivity index (χ1v) is 12.6. The molecule has 0 spiro atoms. The van der Waals surface area contributed by atoms with E-state index in [1.54, 1.807) is 7.11 Å². The van der Waals surface area contributed by atoms with Gasteiger partial charge in [0.15, 0.2) is 11.6 Å². The number of nitrogens with one attached hydrogen (secondary N) is 1. The maximum Gasteiger partial charge on any atom is 0.276 e. The number of methoxy groups -OCH3 is 1. The number of carbonyl (C=O) groups is 1. The molecule has 1 heterocycles. The molecule has 3 aromatic rings. The maximum absolute atomic E-state index is 13.7. The minimum Gasteiger partial charge on any atom is -0.497 e. The summed E-state index contributed by atoms with van der Waals surface area (Å²) in [5.41, 5.74) is 3.48. The summed E-state index contributed by atoms with van der Waals surface area (Å²) in [6.07, 6.45) is 0.0628. The molecule has 0 unspecified atom stereocenters. The normalized spacial score (nSPS) is 18.6. The Hall–Kier alpha value is -3.40. The number of ether oxygens (including phenoxy) is 3. The van der Waals surface area contributed by atoms with Crippen LogP contribution in [0.15, 0.2) is 82.3 Å². The number of aliphatic imine (C=N–C) groups is 1. The molecule has 2 N–H and O–H groups in total. The Balaban J connectivity index is 1.77. The topological polar surface area (TPSA) is 98.6 Å². The Morgan fingerprint density at radius 1 is 1.08 bits per heavy atom. The number of halogens is 1. The SMILES string of the molecule is CONC(=O)[C@@]1(Cc2ccc(Br)cc2)N=C(c2ccc(OCCCO)cc2)O[C@H]1c1cccc(OC)c1. The molecule has 0 aliphatic carbocycles. The summed E-state index contributed by atoms with van der Waals surface area (Å²) in [6, 6.07) is 22.4. The molecule has 37 heavy (non-hydrogen) atoms. The van der Waals surface area contributed by atoms with E-state index >= 15 is 0 Å². The molecule has 0 fully saturated rings. The fourth-order valence-electron chi connectivity index (χ4n) is 4.18. The van der Waals surface area contributed by atoms with Gasteiger partial charge in [0.1, 0.15) is 11.5 Å². The average Bonchev–Trinajstić information content (AvgIpc) is 3.31. The van der Waals surface area contributed by atoms with Gasteiger partial charge in [0.05, 0.1) is 20.8 Å². The second kappa shape index (κ2) is 12.2. The van der Waals surface area contributed by atoms with E-state index in [-0.39, 0.29) is 13.0 Å². The standard InChI is InChI=1S/C28H29BrN2O6/c1-34-24-6-3-5-21(17-24)25-28(27(33)31-35-2,18-19-7-11-22(29)12-8-19)30-26(37-25)20-9-13-23(14-10-20)36-16-4-15-32/h3,5-14,17,25,32H,4,15-16,18H2,1-2H3,(H,31,33)/t25-,28-/m0/s1. The molecular formula is C28H29BrN2O6. The van der Waals surface area contributed by atoms with Gasteiger partial charge in [-0.3, -0.25) is 9.63 Å². The van der Waals surface area contributed by atoms with Gasteiger partial charge in [-0.1, -0.05) is 40.2 Å². The van der Waals surface area contributed by atoms with E-state index < -0.39 is 17.6 Å². The fraction of sp³-hybridized carbons (Fsp3) is 0.286. The number of aliphatic hydroxyl groups excluding tert-OH is 1. The van der Waals surface area contributed by atoms with Gasteiger partial charge in [0.2, 0.25) is 5.90 Å². The van der Waals surface area contributed by atoms with Gasteiger partial charge >= 0.3 is 0 Å². The number of carbonyl (C=O) groups excluding carboxylic acids is 1. The van der Waals surface area contributed by atoms with Crippen LogP contribution < -0.4 is 15.0 Å². The van der Waals surface area contributed by atoms with Gasteiger partial charge in [0.25, 0.3) is 5.91 Å². The van der Waals surface area contributed by atoms with Gasteiger partial charge in [0, 0.05) is 29.5 Å². The number of aliphatic hydroxyl groups is 1. The first-order chi connectivity index (χ1) is 18.0. The molecule has 1 amide bonds. The Kier molecular flexibility index (Phi) is 8.81. The molecule has 2 atom stereocenters. The molecule has 8 nitrogen and oxygen atoms in total. The summed E-state index contributed by atoms with van der Waals surface area (Å²) in [6.45, 7) is 0.483. The highest BCUT2D eigenvalue weighted by atomic mass is 79.9. The highest BCUT2D eigenvalue weighted by Crippen LogP contribution is 2.43. The fourth-order valence-corrected chi connectivity index (χ4v) is 4.45. The number of hydrogen-bond acceptors (Lipinski definition) is 7. The van der Waals surface area contributed by atoms with Gasteiger partial charge in [-0.15, -0.1) is 0 Å². The minimum absolute atomic E-state index is 0.0678. The van der Waals surface area contributed by atoms with Crippen molar-refractivity contribution in [1.29, 1.82) is 0 Å². The highest BCUT2D eigenvalue weighted by Gasteiger charge is 2.53. The van der Waals surface area contributed by atoms with Crippen molar-refractivity contribution in [3.63, 3.8) is 0 Å². The number of hydrogen-bond donors (Lipinski definition) is 2. The number of amides is 1. The zero-order chi connectivity index (χ0) is 26.3. The van der Waals surface area contributed by atoms with E-state index in [0.29, 0.717) is 36.0 Å². The lowest BCUT2D eigenvalue weighted by molar-refractivity contribution is -0.139. The summed E-state index contributed by atoms with van der Waals surface area (Å²) in [4.78, 5) is 23.6. The number of rotatable bonds is 11. The van der Waals surface area contributed by atoms with Crippen molar-refractivity contribution in [3.05, 3.63) is 94.0 Å². The van der Waals surface area contributed by atoms with Crippen molar-refractivity contribution in [2.45, 2.75) is 24.5 Å². The van der Waals surface area contributed by atoms with Gasteiger partial charge in [-0.05, 0) is 59.7 Å².